The second-order valence-electron chi connectivity index (χ2n) is 2.86. The Bertz CT molecular complexity index is 152. The van der Waals surface area contributed by atoms with Gasteiger partial charge in [-0.1, -0.05) is 12.2 Å². The van der Waals surface area contributed by atoms with E-state index in [2.05, 4.69) is 17.5 Å². The molecule has 0 spiro atoms. The summed E-state index contributed by atoms with van der Waals surface area (Å²) in [5.74, 6) is 0.191. The summed E-state index contributed by atoms with van der Waals surface area (Å²) in [6.45, 7) is 0.854. The highest BCUT2D eigenvalue weighted by atomic mass is 16.1. The number of carbonyl (C=O) groups is 1. The van der Waals surface area contributed by atoms with E-state index < -0.39 is 0 Å². The zero-order valence-corrected chi connectivity index (χ0v) is 6.81. The minimum atomic E-state index is 0.191. The Hall–Kier alpha value is -0.790. The molecule has 0 radical (unpaired) electrons. The van der Waals surface area contributed by atoms with Gasteiger partial charge in [-0.05, 0) is 25.7 Å². The molecule has 0 aromatic carbocycles. The average molecular weight is 153 g/mol. The largest absolute Gasteiger partial charge is 0.356 e. The van der Waals surface area contributed by atoms with Gasteiger partial charge in [0.1, 0.15) is 0 Å². The summed E-state index contributed by atoms with van der Waals surface area (Å²) in [5, 5.41) is 2.88. The highest BCUT2D eigenvalue weighted by Crippen LogP contribution is 2.00. The van der Waals surface area contributed by atoms with Crippen molar-refractivity contribution in [3.8, 4) is 0 Å². The van der Waals surface area contributed by atoms with Gasteiger partial charge in [0.25, 0.3) is 0 Å². The zero-order chi connectivity index (χ0) is 7.94. The maximum absolute atomic E-state index is 11.0. The van der Waals surface area contributed by atoms with Gasteiger partial charge >= 0.3 is 0 Å². The molecule has 0 fully saturated rings. The van der Waals surface area contributed by atoms with Gasteiger partial charge in [0.15, 0.2) is 0 Å². The second-order valence-corrected chi connectivity index (χ2v) is 2.86. The third-order valence-corrected chi connectivity index (χ3v) is 1.82. The Morgan fingerprint density at radius 3 is 2.91 bits per heavy atom. The molecule has 1 amide bonds. The number of nitrogens with one attached hydrogen (secondary N) is 1. The molecule has 0 unspecified atom stereocenters. The topological polar surface area (TPSA) is 29.1 Å². The van der Waals surface area contributed by atoms with Crippen LogP contribution in [-0.4, -0.2) is 12.5 Å². The van der Waals surface area contributed by atoms with Crippen molar-refractivity contribution in [2.24, 2.45) is 0 Å². The quantitative estimate of drug-likeness (QED) is 0.526. The van der Waals surface area contributed by atoms with E-state index in [0.717, 1.165) is 25.8 Å². The Balaban J connectivity index is 2.29. The lowest BCUT2D eigenvalue weighted by Gasteiger charge is -2.04. The lowest BCUT2D eigenvalue weighted by molar-refractivity contribution is -0.121. The van der Waals surface area contributed by atoms with Gasteiger partial charge < -0.3 is 5.32 Å². The summed E-state index contributed by atoms with van der Waals surface area (Å²) in [6, 6.07) is 0. The van der Waals surface area contributed by atoms with E-state index in [0.29, 0.717) is 6.42 Å². The maximum atomic E-state index is 11.0. The SMILES string of the molecule is O=C1CC/C=C/CCCCN1. The fraction of sp³-hybridized carbons (Fsp3) is 0.667. The van der Waals surface area contributed by atoms with Crippen LogP contribution < -0.4 is 5.32 Å². The third-order valence-electron chi connectivity index (χ3n) is 1.82. The maximum Gasteiger partial charge on any atom is 0.220 e. The monoisotopic (exact) mass is 153 g/mol. The predicted octanol–water partition coefficient (Wildman–Crippen LogP) is 1.62. The first-order valence-corrected chi connectivity index (χ1v) is 4.31. The van der Waals surface area contributed by atoms with Crippen molar-refractivity contribution in [1.82, 2.24) is 5.32 Å². The molecule has 0 saturated heterocycles. The molecule has 0 atom stereocenters. The smallest absolute Gasteiger partial charge is 0.220 e. The fourth-order valence-electron chi connectivity index (χ4n) is 1.15. The highest BCUT2D eigenvalue weighted by Gasteiger charge is 1.98. The van der Waals surface area contributed by atoms with E-state index >= 15 is 0 Å². The number of hydrogen-bond acceptors (Lipinski definition) is 1. The van der Waals surface area contributed by atoms with E-state index in [-0.39, 0.29) is 5.91 Å². The number of carbonyl (C=O) groups excluding carboxylic acids is 1. The van der Waals surface area contributed by atoms with Crippen LogP contribution in [0.1, 0.15) is 32.1 Å². The normalized spacial score (nSPS) is 23.8. The van der Waals surface area contributed by atoms with Crippen LogP contribution in [0.25, 0.3) is 0 Å². The minimum Gasteiger partial charge on any atom is -0.356 e. The van der Waals surface area contributed by atoms with Crippen LogP contribution in [0, 0.1) is 0 Å². The van der Waals surface area contributed by atoms with Crippen molar-refractivity contribution >= 4 is 5.91 Å². The Kier molecular flexibility index (Phi) is 3.73. The molecule has 0 aliphatic carbocycles. The van der Waals surface area contributed by atoms with Crippen LogP contribution in [-0.2, 0) is 4.79 Å². The first-order chi connectivity index (χ1) is 5.39. The third kappa shape index (κ3) is 3.81. The Labute approximate surface area is 67.7 Å². The van der Waals surface area contributed by atoms with Gasteiger partial charge in [0, 0.05) is 13.0 Å². The standard InChI is InChI=1S/C9H15NO/c11-9-7-5-3-1-2-4-6-8-10-9/h1,3H,2,4-8H2,(H,10,11)/b3-1+. The van der Waals surface area contributed by atoms with E-state index in [1.54, 1.807) is 0 Å². The van der Waals surface area contributed by atoms with E-state index in [1.807, 2.05) is 0 Å². The van der Waals surface area contributed by atoms with Crippen molar-refractivity contribution in [3.63, 3.8) is 0 Å². The van der Waals surface area contributed by atoms with Gasteiger partial charge in [0.2, 0.25) is 5.91 Å². The summed E-state index contributed by atoms with van der Waals surface area (Å²) in [4.78, 5) is 11.0. The number of amides is 1. The van der Waals surface area contributed by atoms with Gasteiger partial charge in [-0.3, -0.25) is 4.79 Å². The molecule has 1 heterocycles. The number of hydrogen-bond donors (Lipinski definition) is 1. The van der Waals surface area contributed by atoms with Gasteiger partial charge in [-0.25, -0.2) is 0 Å². The van der Waals surface area contributed by atoms with Crippen molar-refractivity contribution in [2.75, 3.05) is 6.54 Å². The molecule has 11 heavy (non-hydrogen) atoms. The van der Waals surface area contributed by atoms with Crippen molar-refractivity contribution in [1.29, 1.82) is 0 Å². The average Bonchev–Trinajstić information content (AvgIpc) is 2.03. The molecule has 0 saturated carbocycles. The van der Waals surface area contributed by atoms with E-state index in [4.69, 9.17) is 0 Å². The first-order valence-electron chi connectivity index (χ1n) is 4.31. The Morgan fingerprint density at radius 2 is 2.00 bits per heavy atom. The van der Waals surface area contributed by atoms with Crippen LogP contribution in [0.15, 0.2) is 12.2 Å². The molecule has 1 rings (SSSR count). The number of allylic oxidation sites excluding steroid dienone is 2. The zero-order valence-electron chi connectivity index (χ0n) is 6.81. The van der Waals surface area contributed by atoms with E-state index in [9.17, 15) is 4.79 Å². The molecule has 62 valence electrons. The summed E-state index contributed by atoms with van der Waals surface area (Å²) in [5.41, 5.74) is 0. The molecular formula is C9H15NO. The van der Waals surface area contributed by atoms with Crippen molar-refractivity contribution < 1.29 is 4.79 Å². The molecule has 0 aromatic heterocycles. The molecule has 1 aliphatic rings. The highest BCUT2D eigenvalue weighted by molar-refractivity contribution is 5.75. The van der Waals surface area contributed by atoms with E-state index in [1.165, 1.54) is 6.42 Å². The van der Waals surface area contributed by atoms with Crippen molar-refractivity contribution in [3.05, 3.63) is 12.2 Å². The fourth-order valence-corrected chi connectivity index (χ4v) is 1.15. The summed E-state index contributed by atoms with van der Waals surface area (Å²) < 4.78 is 0. The Morgan fingerprint density at radius 1 is 1.18 bits per heavy atom. The lowest BCUT2D eigenvalue weighted by Crippen LogP contribution is -2.23. The van der Waals surface area contributed by atoms with Crippen molar-refractivity contribution in [2.45, 2.75) is 32.1 Å². The summed E-state index contributed by atoms with van der Waals surface area (Å²) >= 11 is 0. The predicted molar refractivity (Wildman–Crippen MR) is 45.2 cm³/mol. The molecule has 0 bridgehead atoms. The lowest BCUT2D eigenvalue weighted by atomic mass is 10.2. The second kappa shape index (κ2) is 4.94. The van der Waals surface area contributed by atoms with Gasteiger partial charge in [-0.15, -0.1) is 0 Å². The molecule has 1 N–H and O–H groups in total. The van der Waals surface area contributed by atoms with Gasteiger partial charge in [-0.2, -0.15) is 0 Å². The molecule has 2 heteroatoms. The molecule has 2 nitrogen and oxygen atoms in total. The molecule has 1 aliphatic heterocycles. The summed E-state index contributed by atoms with van der Waals surface area (Å²) in [7, 11) is 0. The number of rotatable bonds is 0. The van der Waals surface area contributed by atoms with Crippen LogP contribution in [0.3, 0.4) is 0 Å². The van der Waals surface area contributed by atoms with Gasteiger partial charge in [0.05, 0.1) is 0 Å². The van der Waals surface area contributed by atoms with Crippen LogP contribution >= 0.6 is 0 Å². The minimum absolute atomic E-state index is 0.191. The first kappa shape index (κ1) is 8.31. The van der Waals surface area contributed by atoms with Crippen LogP contribution in [0.2, 0.25) is 0 Å². The van der Waals surface area contributed by atoms with Crippen LogP contribution in [0.4, 0.5) is 0 Å². The summed E-state index contributed by atoms with van der Waals surface area (Å²) in [6.07, 6.45) is 9.29. The molecular weight excluding hydrogens is 138 g/mol. The molecule has 0 aromatic rings. The van der Waals surface area contributed by atoms with Crippen LogP contribution in [0.5, 0.6) is 0 Å².